The molecule has 1 amide bonds. The number of amides is 1. The molecule has 16 heavy (non-hydrogen) atoms. The number of hydrogen-bond donors (Lipinski definition) is 2. The van der Waals surface area contributed by atoms with E-state index in [-0.39, 0.29) is 24.0 Å². The third kappa shape index (κ3) is 2.95. The highest BCUT2D eigenvalue weighted by molar-refractivity contribution is 5.82. The molecular weight excluding hydrogens is 204 g/mol. The fourth-order valence-electron chi connectivity index (χ4n) is 2.23. The van der Waals surface area contributed by atoms with Crippen LogP contribution < -0.4 is 5.73 Å². The van der Waals surface area contributed by atoms with Gasteiger partial charge in [0.25, 0.3) is 0 Å². The molecule has 2 unspecified atom stereocenters. The van der Waals surface area contributed by atoms with Crippen LogP contribution in [-0.2, 0) is 4.79 Å². The molecule has 1 rings (SSSR count). The van der Waals surface area contributed by atoms with E-state index >= 15 is 0 Å². The fraction of sp³-hybridized carbons (Fsp3) is 0.917. The highest BCUT2D eigenvalue weighted by Gasteiger charge is 2.32. The lowest BCUT2D eigenvalue weighted by Gasteiger charge is -2.36. The Kier molecular flexibility index (Phi) is 4.74. The van der Waals surface area contributed by atoms with E-state index in [1.54, 1.807) is 11.9 Å². The molecule has 0 spiro atoms. The zero-order valence-electron chi connectivity index (χ0n) is 10.5. The van der Waals surface area contributed by atoms with Crippen LogP contribution in [0.15, 0.2) is 0 Å². The molecule has 1 aliphatic carbocycles. The predicted octanol–water partition coefficient (Wildman–Crippen LogP) is 0.732. The summed E-state index contributed by atoms with van der Waals surface area (Å²) in [6, 6.07) is -0.509. The average molecular weight is 228 g/mol. The molecule has 1 saturated carbocycles. The van der Waals surface area contributed by atoms with E-state index in [1.165, 1.54) is 0 Å². The summed E-state index contributed by atoms with van der Waals surface area (Å²) in [4.78, 5) is 13.7. The highest BCUT2D eigenvalue weighted by Crippen LogP contribution is 2.23. The fourth-order valence-corrected chi connectivity index (χ4v) is 2.23. The van der Waals surface area contributed by atoms with Crippen molar-refractivity contribution < 1.29 is 9.90 Å². The molecule has 1 aliphatic rings. The molecule has 4 nitrogen and oxygen atoms in total. The average Bonchev–Trinajstić information content (AvgIpc) is 2.26. The van der Waals surface area contributed by atoms with Crippen molar-refractivity contribution in [2.24, 2.45) is 11.7 Å². The first kappa shape index (κ1) is 13.5. The Morgan fingerprint density at radius 3 is 2.44 bits per heavy atom. The standard InChI is InChI=1S/C12H24N2O2/c1-8(2)11(13)12(16)14(3)9-6-4-5-7-10(9)15/h8-11,15H,4-7,13H2,1-3H3/t9?,10?,11-/m1/s1. The number of carbonyl (C=O) groups is 1. The Bertz CT molecular complexity index is 243. The van der Waals surface area contributed by atoms with E-state index in [0.29, 0.717) is 0 Å². The van der Waals surface area contributed by atoms with Crippen LogP contribution >= 0.6 is 0 Å². The minimum atomic E-state index is -0.459. The van der Waals surface area contributed by atoms with E-state index in [2.05, 4.69) is 0 Å². The van der Waals surface area contributed by atoms with Crippen LogP contribution in [0.3, 0.4) is 0 Å². The Hall–Kier alpha value is -0.610. The number of likely N-dealkylation sites (N-methyl/N-ethyl adjacent to an activating group) is 1. The number of aliphatic hydroxyl groups excluding tert-OH is 1. The second-order valence-electron chi connectivity index (χ2n) is 5.14. The van der Waals surface area contributed by atoms with E-state index in [9.17, 15) is 9.90 Å². The highest BCUT2D eigenvalue weighted by atomic mass is 16.3. The maximum absolute atomic E-state index is 12.0. The van der Waals surface area contributed by atoms with Gasteiger partial charge in [-0.05, 0) is 18.8 Å². The summed E-state index contributed by atoms with van der Waals surface area (Å²) in [5, 5.41) is 9.87. The Labute approximate surface area is 97.8 Å². The van der Waals surface area contributed by atoms with Crippen molar-refractivity contribution in [2.75, 3.05) is 7.05 Å². The van der Waals surface area contributed by atoms with Crippen molar-refractivity contribution >= 4 is 5.91 Å². The van der Waals surface area contributed by atoms with Crippen LogP contribution in [0.2, 0.25) is 0 Å². The molecule has 4 heteroatoms. The van der Waals surface area contributed by atoms with Crippen molar-refractivity contribution in [2.45, 2.75) is 57.7 Å². The van der Waals surface area contributed by atoms with Crippen LogP contribution in [0.4, 0.5) is 0 Å². The maximum atomic E-state index is 12.0. The third-order valence-corrected chi connectivity index (χ3v) is 3.54. The molecule has 3 N–H and O–H groups in total. The molecule has 0 heterocycles. The van der Waals surface area contributed by atoms with Gasteiger partial charge in [0, 0.05) is 7.05 Å². The van der Waals surface area contributed by atoms with Crippen LogP contribution in [0.1, 0.15) is 39.5 Å². The predicted molar refractivity (Wildman–Crippen MR) is 63.8 cm³/mol. The van der Waals surface area contributed by atoms with Gasteiger partial charge in [-0.3, -0.25) is 4.79 Å². The van der Waals surface area contributed by atoms with Crippen molar-refractivity contribution in [1.82, 2.24) is 4.90 Å². The first-order valence-electron chi connectivity index (χ1n) is 6.15. The van der Waals surface area contributed by atoms with Crippen molar-refractivity contribution in [3.05, 3.63) is 0 Å². The topological polar surface area (TPSA) is 66.6 Å². The third-order valence-electron chi connectivity index (χ3n) is 3.54. The second kappa shape index (κ2) is 5.64. The Balaban J connectivity index is 2.61. The van der Waals surface area contributed by atoms with Gasteiger partial charge in [0.2, 0.25) is 5.91 Å². The number of aliphatic hydroxyl groups is 1. The van der Waals surface area contributed by atoms with Crippen molar-refractivity contribution in [3.8, 4) is 0 Å². The largest absolute Gasteiger partial charge is 0.391 e. The summed E-state index contributed by atoms with van der Waals surface area (Å²) in [5.74, 6) is 0.0802. The second-order valence-corrected chi connectivity index (χ2v) is 5.14. The van der Waals surface area contributed by atoms with Crippen LogP contribution in [0, 0.1) is 5.92 Å². The lowest BCUT2D eigenvalue weighted by Crippen LogP contribution is -2.53. The van der Waals surface area contributed by atoms with E-state index < -0.39 is 6.04 Å². The quantitative estimate of drug-likeness (QED) is 0.748. The summed E-state index contributed by atoms with van der Waals surface area (Å²) in [7, 11) is 1.75. The zero-order valence-corrected chi connectivity index (χ0v) is 10.5. The Morgan fingerprint density at radius 2 is 1.94 bits per heavy atom. The van der Waals surface area contributed by atoms with E-state index in [0.717, 1.165) is 25.7 Å². The molecule has 1 fully saturated rings. The van der Waals surface area contributed by atoms with Gasteiger partial charge in [0.1, 0.15) is 0 Å². The van der Waals surface area contributed by atoms with Gasteiger partial charge in [0.05, 0.1) is 18.2 Å². The molecular formula is C12H24N2O2. The number of hydrogen-bond acceptors (Lipinski definition) is 3. The smallest absolute Gasteiger partial charge is 0.239 e. The first-order valence-corrected chi connectivity index (χ1v) is 6.15. The van der Waals surface area contributed by atoms with Gasteiger partial charge in [0.15, 0.2) is 0 Å². The molecule has 0 aromatic carbocycles. The van der Waals surface area contributed by atoms with Crippen LogP contribution in [0.25, 0.3) is 0 Å². The van der Waals surface area contributed by atoms with Gasteiger partial charge in [-0.25, -0.2) is 0 Å². The summed E-state index contributed by atoms with van der Waals surface area (Å²) in [6.45, 7) is 3.88. The lowest BCUT2D eigenvalue weighted by atomic mass is 9.91. The lowest BCUT2D eigenvalue weighted by molar-refractivity contribution is -0.137. The summed E-state index contributed by atoms with van der Waals surface area (Å²) < 4.78 is 0. The minimum absolute atomic E-state index is 0.0500. The SMILES string of the molecule is CC(C)[C@@H](N)C(=O)N(C)C1CCCCC1O. The number of nitrogens with two attached hydrogens (primary N) is 1. The molecule has 3 atom stereocenters. The molecule has 0 aromatic heterocycles. The number of carbonyl (C=O) groups excluding carboxylic acids is 1. The molecule has 0 aliphatic heterocycles. The molecule has 0 aromatic rings. The molecule has 94 valence electrons. The van der Waals surface area contributed by atoms with Gasteiger partial charge in [-0.1, -0.05) is 26.7 Å². The van der Waals surface area contributed by atoms with Crippen molar-refractivity contribution in [3.63, 3.8) is 0 Å². The van der Waals surface area contributed by atoms with Crippen LogP contribution in [-0.4, -0.2) is 41.1 Å². The van der Waals surface area contributed by atoms with Gasteiger partial charge in [-0.2, -0.15) is 0 Å². The minimum Gasteiger partial charge on any atom is -0.391 e. The summed E-state index contributed by atoms with van der Waals surface area (Å²) in [6.07, 6.45) is 3.42. The zero-order chi connectivity index (χ0) is 12.3. The Morgan fingerprint density at radius 1 is 1.38 bits per heavy atom. The van der Waals surface area contributed by atoms with E-state index in [1.807, 2.05) is 13.8 Å². The van der Waals surface area contributed by atoms with Crippen molar-refractivity contribution in [1.29, 1.82) is 0 Å². The monoisotopic (exact) mass is 228 g/mol. The molecule has 0 radical (unpaired) electrons. The summed E-state index contributed by atoms with van der Waals surface area (Å²) >= 11 is 0. The van der Waals surface area contributed by atoms with Gasteiger partial charge >= 0.3 is 0 Å². The van der Waals surface area contributed by atoms with E-state index in [4.69, 9.17) is 5.73 Å². The molecule has 0 saturated heterocycles. The number of nitrogens with zero attached hydrogens (tertiary/aromatic N) is 1. The normalized spacial score (nSPS) is 27.9. The summed E-state index contributed by atoms with van der Waals surface area (Å²) in [5.41, 5.74) is 5.84. The first-order chi connectivity index (χ1) is 7.45. The maximum Gasteiger partial charge on any atom is 0.239 e. The van der Waals surface area contributed by atoms with Crippen LogP contribution in [0.5, 0.6) is 0 Å². The molecule has 0 bridgehead atoms. The number of rotatable bonds is 3. The van der Waals surface area contributed by atoms with Gasteiger partial charge < -0.3 is 15.7 Å². The van der Waals surface area contributed by atoms with Gasteiger partial charge in [-0.15, -0.1) is 0 Å².